The SMILES string of the molecule is Cc1sc(N)nc1-c1ccc(C(F)(F)F)cc1. The third-order valence-corrected chi connectivity index (χ3v) is 3.10. The van der Waals surface area contributed by atoms with Crippen LogP contribution in [0.1, 0.15) is 10.4 Å². The van der Waals surface area contributed by atoms with Gasteiger partial charge >= 0.3 is 6.18 Å². The molecule has 17 heavy (non-hydrogen) atoms. The molecule has 1 heterocycles. The van der Waals surface area contributed by atoms with Crippen molar-refractivity contribution in [3.05, 3.63) is 34.7 Å². The van der Waals surface area contributed by atoms with E-state index in [0.29, 0.717) is 16.4 Å². The van der Waals surface area contributed by atoms with Gasteiger partial charge in [-0.25, -0.2) is 4.98 Å². The number of aromatic nitrogens is 1. The molecule has 2 aromatic rings. The van der Waals surface area contributed by atoms with Crippen molar-refractivity contribution in [1.82, 2.24) is 4.98 Å². The Morgan fingerprint density at radius 3 is 2.18 bits per heavy atom. The van der Waals surface area contributed by atoms with E-state index in [1.54, 1.807) is 0 Å². The van der Waals surface area contributed by atoms with Crippen LogP contribution in [-0.4, -0.2) is 4.98 Å². The molecule has 0 radical (unpaired) electrons. The average molecular weight is 258 g/mol. The van der Waals surface area contributed by atoms with E-state index in [2.05, 4.69) is 4.98 Å². The maximum Gasteiger partial charge on any atom is 0.416 e. The van der Waals surface area contributed by atoms with Crippen LogP contribution < -0.4 is 5.73 Å². The minimum absolute atomic E-state index is 0.414. The summed E-state index contributed by atoms with van der Waals surface area (Å²) in [5.74, 6) is 0. The van der Waals surface area contributed by atoms with Gasteiger partial charge in [-0.1, -0.05) is 12.1 Å². The van der Waals surface area contributed by atoms with Crippen LogP contribution >= 0.6 is 11.3 Å². The maximum absolute atomic E-state index is 12.4. The molecule has 2 rings (SSSR count). The normalized spacial score (nSPS) is 11.8. The molecule has 0 saturated heterocycles. The fourth-order valence-corrected chi connectivity index (χ4v) is 2.21. The van der Waals surface area contributed by atoms with E-state index >= 15 is 0 Å². The molecule has 0 atom stereocenters. The largest absolute Gasteiger partial charge is 0.416 e. The van der Waals surface area contributed by atoms with Crippen molar-refractivity contribution in [2.45, 2.75) is 13.1 Å². The summed E-state index contributed by atoms with van der Waals surface area (Å²) in [5, 5.41) is 0.414. The van der Waals surface area contributed by atoms with Gasteiger partial charge in [-0.2, -0.15) is 13.2 Å². The van der Waals surface area contributed by atoms with E-state index in [-0.39, 0.29) is 0 Å². The van der Waals surface area contributed by atoms with Crippen LogP contribution in [0, 0.1) is 6.92 Å². The molecule has 2 N–H and O–H groups in total. The lowest BCUT2D eigenvalue weighted by Gasteiger charge is -2.06. The third-order valence-electron chi connectivity index (χ3n) is 2.30. The van der Waals surface area contributed by atoms with Crippen molar-refractivity contribution in [2.75, 3.05) is 5.73 Å². The minimum atomic E-state index is -4.31. The Morgan fingerprint density at radius 2 is 1.76 bits per heavy atom. The zero-order valence-corrected chi connectivity index (χ0v) is 9.69. The predicted molar refractivity (Wildman–Crippen MR) is 61.7 cm³/mol. The summed E-state index contributed by atoms with van der Waals surface area (Å²) in [6, 6.07) is 4.91. The van der Waals surface area contributed by atoms with Gasteiger partial charge in [-0.05, 0) is 19.1 Å². The minimum Gasteiger partial charge on any atom is -0.375 e. The topological polar surface area (TPSA) is 38.9 Å². The molecule has 0 fully saturated rings. The number of benzene rings is 1. The van der Waals surface area contributed by atoms with E-state index in [9.17, 15) is 13.2 Å². The van der Waals surface area contributed by atoms with Gasteiger partial charge in [0.25, 0.3) is 0 Å². The van der Waals surface area contributed by atoms with Crippen molar-refractivity contribution in [3.63, 3.8) is 0 Å². The van der Waals surface area contributed by atoms with Gasteiger partial charge in [0, 0.05) is 10.4 Å². The molecule has 2 nitrogen and oxygen atoms in total. The monoisotopic (exact) mass is 258 g/mol. The smallest absolute Gasteiger partial charge is 0.375 e. The van der Waals surface area contributed by atoms with Gasteiger partial charge in [-0.15, -0.1) is 11.3 Å². The second kappa shape index (κ2) is 4.03. The Labute approximate surface area is 99.9 Å². The quantitative estimate of drug-likeness (QED) is 0.846. The van der Waals surface area contributed by atoms with Crippen LogP contribution in [-0.2, 0) is 6.18 Å². The number of thiazole rings is 1. The summed E-state index contributed by atoms with van der Waals surface area (Å²) in [6.07, 6.45) is -4.31. The van der Waals surface area contributed by atoms with Gasteiger partial charge in [0.1, 0.15) is 0 Å². The van der Waals surface area contributed by atoms with E-state index in [1.807, 2.05) is 6.92 Å². The standard InChI is InChI=1S/C11H9F3N2S/c1-6-9(16-10(15)17-6)7-2-4-8(5-3-7)11(12,13)14/h2-5H,1H3,(H2,15,16). The fourth-order valence-electron chi connectivity index (χ4n) is 1.50. The van der Waals surface area contributed by atoms with Crippen molar-refractivity contribution in [2.24, 2.45) is 0 Å². The highest BCUT2D eigenvalue weighted by Gasteiger charge is 2.30. The number of nitrogen functional groups attached to an aromatic ring is 1. The molecule has 6 heteroatoms. The van der Waals surface area contributed by atoms with Gasteiger partial charge < -0.3 is 5.73 Å². The number of aryl methyl sites for hydroxylation is 1. The Balaban J connectivity index is 2.39. The number of anilines is 1. The molecular formula is C11H9F3N2S. The molecule has 90 valence electrons. The number of nitrogens with zero attached hydrogens (tertiary/aromatic N) is 1. The Morgan fingerprint density at radius 1 is 1.18 bits per heavy atom. The fraction of sp³-hybridized carbons (Fsp3) is 0.182. The number of rotatable bonds is 1. The Kier molecular flexibility index (Phi) is 2.82. The third kappa shape index (κ3) is 2.41. The second-order valence-electron chi connectivity index (χ2n) is 3.53. The predicted octanol–water partition coefficient (Wildman–Crippen LogP) is 3.72. The van der Waals surface area contributed by atoms with E-state index in [0.717, 1.165) is 17.0 Å². The first kappa shape index (κ1) is 11.9. The first-order valence-electron chi connectivity index (χ1n) is 4.78. The van der Waals surface area contributed by atoms with Crippen LogP contribution in [0.4, 0.5) is 18.3 Å². The first-order valence-corrected chi connectivity index (χ1v) is 5.60. The van der Waals surface area contributed by atoms with Crippen molar-refractivity contribution < 1.29 is 13.2 Å². The van der Waals surface area contributed by atoms with E-state index in [4.69, 9.17) is 5.73 Å². The molecule has 1 aromatic carbocycles. The first-order chi connectivity index (χ1) is 7.88. The zero-order chi connectivity index (χ0) is 12.6. The van der Waals surface area contributed by atoms with Gasteiger partial charge in [0.15, 0.2) is 5.13 Å². The number of alkyl halides is 3. The Hall–Kier alpha value is -1.56. The van der Waals surface area contributed by atoms with Crippen LogP contribution in [0.25, 0.3) is 11.3 Å². The summed E-state index contributed by atoms with van der Waals surface area (Å²) < 4.78 is 37.1. The number of hydrogen-bond acceptors (Lipinski definition) is 3. The molecule has 0 amide bonds. The summed E-state index contributed by atoms with van der Waals surface area (Å²) in [7, 11) is 0. The molecule has 0 unspecified atom stereocenters. The van der Waals surface area contributed by atoms with Gasteiger partial charge in [0.05, 0.1) is 11.3 Å². The number of halogens is 3. The molecule has 1 aromatic heterocycles. The molecule has 0 spiro atoms. The van der Waals surface area contributed by atoms with Crippen LogP contribution in [0.15, 0.2) is 24.3 Å². The lowest BCUT2D eigenvalue weighted by Crippen LogP contribution is -2.04. The average Bonchev–Trinajstić information content (AvgIpc) is 2.57. The van der Waals surface area contributed by atoms with Crippen LogP contribution in [0.2, 0.25) is 0 Å². The molecule has 0 saturated carbocycles. The van der Waals surface area contributed by atoms with Crippen molar-refractivity contribution in [1.29, 1.82) is 0 Å². The van der Waals surface area contributed by atoms with Crippen molar-refractivity contribution in [3.8, 4) is 11.3 Å². The summed E-state index contributed by atoms with van der Waals surface area (Å²) in [5.41, 5.74) is 6.16. The molecule has 0 aliphatic carbocycles. The summed E-state index contributed by atoms with van der Waals surface area (Å²) in [6.45, 7) is 1.83. The number of hydrogen-bond donors (Lipinski definition) is 1. The van der Waals surface area contributed by atoms with E-state index in [1.165, 1.54) is 23.5 Å². The van der Waals surface area contributed by atoms with Crippen LogP contribution in [0.5, 0.6) is 0 Å². The lowest BCUT2D eigenvalue weighted by atomic mass is 10.1. The highest BCUT2D eigenvalue weighted by Crippen LogP contribution is 2.33. The van der Waals surface area contributed by atoms with Gasteiger partial charge in [-0.3, -0.25) is 0 Å². The Bertz CT molecular complexity index is 529. The van der Waals surface area contributed by atoms with Crippen LogP contribution in [0.3, 0.4) is 0 Å². The maximum atomic E-state index is 12.4. The summed E-state index contributed by atoms with van der Waals surface area (Å²) in [4.78, 5) is 4.98. The summed E-state index contributed by atoms with van der Waals surface area (Å²) >= 11 is 1.32. The lowest BCUT2D eigenvalue weighted by molar-refractivity contribution is -0.137. The molecule has 0 bridgehead atoms. The number of nitrogens with two attached hydrogens (primary N) is 1. The highest BCUT2D eigenvalue weighted by atomic mass is 32.1. The molecular weight excluding hydrogens is 249 g/mol. The molecule has 0 aliphatic rings. The van der Waals surface area contributed by atoms with Gasteiger partial charge in [0.2, 0.25) is 0 Å². The second-order valence-corrected chi connectivity index (χ2v) is 4.77. The highest BCUT2D eigenvalue weighted by molar-refractivity contribution is 7.15. The van der Waals surface area contributed by atoms with Crippen molar-refractivity contribution >= 4 is 16.5 Å². The molecule has 0 aliphatic heterocycles. The zero-order valence-electron chi connectivity index (χ0n) is 8.88. The van der Waals surface area contributed by atoms with E-state index < -0.39 is 11.7 Å².